The maximum Gasteiger partial charge on any atom is 0.341 e. The zero-order chi connectivity index (χ0) is 16.8. The van der Waals surface area contributed by atoms with Crippen molar-refractivity contribution in [3.63, 3.8) is 0 Å². The van der Waals surface area contributed by atoms with Gasteiger partial charge >= 0.3 is 5.97 Å². The summed E-state index contributed by atoms with van der Waals surface area (Å²) in [6, 6.07) is 3.57. The number of pyridine rings is 1. The van der Waals surface area contributed by atoms with Crippen LogP contribution >= 0.6 is 0 Å². The molecule has 2 aliphatic heterocycles. The van der Waals surface area contributed by atoms with Crippen molar-refractivity contribution in [3.05, 3.63) is 34.1 Å². The summed E-state index contributed by atoms with van der Waals surface area (Å²) >= 11 is 0. The Balaban J connectivity index is 2.00. The van der Waals surface area contributed by atoms with Gasteiger partial charge in [0.25, 0.3) is 0 Å². The molecule has 4 rings (SSSR count). The maximum atomic E-state index is 12.5. The summed E-state index contributed by atoms with van der Waals surface area (Å²) in [4.78, 5) is 26.2. The number of hydrogen-bond acceptors (Lipinski definition) is 5. The molecule has 2 aromatic rings. The largest absolute Gasteiger partial charge is 0.487 e. The first-order chi connectivity index (χ1) is 11.6. The molecule has 1 aromatic heterocycles. The maximum absolute atomic E-state index is 12.5. The number of aromatic carboxylic acids is 1. The molecule has 0 bridgehead atoms. The molecule has 7 nitrogen and oxygen atoms in total. The van der Waals surface area contributed by atoms with E-state index in [2.05, 4.69) is 10.2 Å². The van der Waals surface area contributed by atoms with Gasteiger partial charge in [0.1, 0.15) is 12.2 Å². The van der Waals surface area contributed by atoms with Crippen molar-refractivity contribution < 1.29 is 14.6 Å². The highest BCUT2D eigenvalue weighted by Gasteiger charge is 2.27. The minimum absolute atomic E-state index is 0.0306. The second-order valence-corrected chi connectivity index (χ2v) is 6.29. The lowest BCUT2D eigenvalue weighted by molar-refractivity contribution is 0.0694. The number of aromatic nitrogens is 1. The fraction of sp³-hybridized carbons (Fsp3) is 0.412. The van der Waals surface area contributed by atoms with Crippen LogP contribution in [0.4, 0.5) is 5.69 Å². The molecular formula is C17H19N3O4. The van der Waals surface area contributed by atoms with Crippen LogP contribution in [0.15, 0.2) is 23.1 Å². The molecule has 1 unspecified atom stereocenters. The van der Waals surface area contributed by atoms with Crippen LogP contribution in [-0.4, -0.2) is 48.4 Å². The Morgan fingerprint density at radius 3 is 2.79 bits per heavy atom. The molecule has 0 aliphatic carbocycles. The molecule has 0 radical (unpaired) electrons. The molecule has 3 heterocycles. The van der Waals surface area contributed by atoms with Gasteiger partial charge in [-0.25, -0.2) is 4.79 Å². The Bertz CT molecular complexity index is 884. The Hall–Kier alpha value is -2.54. The van der Waals surface area contributed by atoms with Crippen molar-refractivity contribution >= 4 is 22.6 Å². The zero-order valence-electron chi connectivity index (χ0n) is 13.4. The normalized spacial score (nSPS) is 20.0. The second kappa shape index (κ2) is 5.52. The third kappa shape index (κ3) is 2.16. The number of piperazine rings is 1. The van der Waals surface area contributed by atoms with Crippen LogP contribution < -0.4 is 20.4 Å². The highest BCUT2D eigenvalue weighted by Crippen LogP contribution is 2.39. The fourth-order valence-electron chi connectivity index (χ4n) is 3.49. The van der Waals surface area contributed by atoms with E-state index in [0.29, 0.717) is 23.3 Å². The Morgan fingerprint density at radius 1 is 1.33 bits per heavy atom. The average molecular weight is 329 g/mol. The first kappa shape index (κ1) is 15.0. The molecule has 0 saturated carbocycles. The lowest BCUT2D eigenvalue weighted by atomic mass is 10.1. The van der Waals surface area contributed by atoms with Crippen LogP contribution in [0.5, 0.6) is 5.75 Å². The average Bonchev–Trinajstić information content (AvgIpc) is 2.59. The van der Waals surface area contributed by atoms with Gasteiger partial charge in [0, 0.05) is 32.4 Å². The van der Waals surface area contributed by atoms with Crippen LogP contribution in [0, 0.1) is 0 Å². The van der Waals surface area contributed by atoms with E-state index in [1.54, 1.807) is 6.07 Å². The van der Waals surface area contributed by atoms with Gasteiger partial charge in [-0.15, -0.1) is 0 Å². The van der Waals surface area contributed by atoms with Crippen LogP contribution in [-0.2, 0) is 0 Å². The van der Waals surface area contributed by atoms with E-state index in [4.69, 9.17) is 4.74 Å². The van der Waals surface area contributed by atoms with Crippen molar-refractivity contribution in [2.45, 2.75) is 13.0 Å². The van der Waals surface area contributed by atoms with E-state index < -0.39 is 11.4 Å². The molecular weight excluding hydrogens is 310 g/mol. The first-order valence-corrected chi connectivity index (χ1v) is 8.11. The van der Waals surface area contributed by atoms with Gasteiger partial charge in [-0.2, -0.15) is 0 Å². The van der Waals surface area contributed by atoms with Gasteiger partial charge in [0.15, 0.2) is 5.75 Å². The summed E-state index contributed by atoms with van der Waals surface area (Å²) in [6.07, 6.45) is 1.45. The van der Waals surface area contributed by atoms with E-state index in [9.17, 15) is 14.7 Å². The molecule has 1 aromatic carbocycles. The van der Waals surface area contributed by atoms with Gasteiger partial charge in [-0.3, -0.25) is 4.79 Å². The third-order valence-corrected chi connectivity index (χ3v) is 4.76. The van der Waals surface area contributed by atoms with Gasteiger partial charge in [-0.1, -0.05) is 0 Å². The fourth-order valence-corrected chi connectivity index (χ4v) is 3.49. The van der Waals surface area contributed by atoms with Gasteiger partial charge < -0.3 is 24.6 Å². The van der Waals surface area contributed by atoms with E-state index >= 15 is 0 Å². The highest BCUT2D eigenvalue weighted by molar-refractivity contribution is 5.97. The van der Waals surface area contributed by atoms with Crippen LogP contribution in [0.1, 0.15) is 23.3 Å². The molecule has 1 saturated heterocycles. The van der Waals surface area contributed by atoms with Gasteiger partial charge in [0.05, 0.1) is 22.6 Å². The summed E-state index contributed by atoms with van der Waals surface area (Å²) in [7, 11) is 0. The molecule has 1 atom stereocenters. The first-order valence-electron chi connectivity index (χ1n) is 8.11. The third-order valence-electron chi connectivity index (χ3n) is 4.76. The van der Waals surface area contributed by atoms with E-state index in [1.807, 2.05) is 17.6 Å². The topological polar surface area (TPSA) is 83.8 Å². The predicted octanol–water partition coefficient (Wildman–Crippen LogP) is 1.06. The number of carbonyl (C=O) groups is 1. The van der Waals surface area contributed by atoms with Crippen molar-refractivity contribution in [1.82, 2.24) is 9.88 Å². The van der Waals surface area contributed by atoms with Crippen molar-refractivity contribution in [3.8, 4) is 5.75 Å². The summed E-state index contributed by atoms with van der Waals surface area (Å²) < 4.78 is 7.84. The number of ether oxygens (including phenoxy) is 1. The molecule has 7 heteroatoms. The number of carboxylic acids is 1. The van der Waals surface area contributed by atoms with E-state index in [0.717, 1.165) is 31.9 Å². The standard InChI is InChI=1S/C17H19N3O4/c1-10-9-24-16-13(19-6-4-18-5-7-19)3-2-11-14(16)20(10)8-12(15(11)21)17(22)23/h2-3,8,10,18H,4-7,9H2,1H3,(H,22,23). The lowest BCUT2D eigenvalue weighted by Crippen LogP contribution is -2.44. The van der Waals surface area contributed by atoms with Crippen molar-refractivity contribution in [1.29, 1.82) is 0 Å². The molecule has 24 heavy (non-hydrogen) atoms. The van der Waals surface area contributed by atoms with Crippen molar-refractivity contribution in [2.75, 3.05) is 37.7 Å². The molecule has 0 spiro atoms. The minimum Gasteiger partial charge on any atom is -0.487 e. The highest BCUT2D eigenvalue weighted by atomic mass is 16.5. The minimum atomic E-state index is -1.20. The molecule has 2 aliphatic rings. The Kier molecular flexibility index (Phi) is 3.45. The molecule has 2 N–H and O–H groups in total. The summed E-state index contributed by atoms with van der Waals surface area (Å²) in [5, 5.41) is 13.0. The quantitative estimate of drug-likeness (QED) is 0.857. The van der Waals surface area contributed by atoms with Crippen LogP contribution in [0.2, 0.25) is 0 Å². The monoisotopic (exact) mass is 329 g/mol. The summed E-state index contributed by atoms with van der Waals surface area (Å²) in [5.41, 5.74) is 1.00. The molecule has 126 valence electrons. The number of anilines is 1. The predicted molar refractivity (Wildman–Crippen MR) is 90.5 cm³/mol. The molecule has 1 fully saturated rings. The Labute approximate surface area is 138 Å². The van der Waals surface area contributed by atoms with Crippen molar-refractivity contribution in [2.24, 2.45) is 0 Å². The summed E-state index contributed by atoms with van der Waals surface area (Å²) in [6.45, 7) is 5.95. The second-order valence-electron chi connectivity index (χ2n) is 6.29. The van der Waals surface area contributed by atoms with E-state index in [-0.39, 0.29) is 11.6 Å². The zero-order valence-corrected chi connectivity index (χ0v) is 13.4. The Morgan fingerprint density at radius 2 is 2.08 bits per heavy atom. The number of nitrogens with one attached hydrogen (secondary N) is 1. The number of hydrogen-bond donors (Lipinski definition) is 2. The smallest absolute Gasteiger partial charge is 0.341 e. The van der Waals surface area contributed by atoms with E-state index in [1.165, 1.54) is 6.20 Å². The number of nitrogens with zero attached hydrogens (tertiary/aromatic N) is 2. The van der Waals surface area contributed by atoms with Gasteiger partial charge in [0.2, 0.25) is 5.43 Å². The number of rotatable bonds is 2. The van der Waals surface area contributed by atoms with Crippen LogP contribution in [0.25, 0.3) is 10.9 Å². The van der Waals surface area contributed by atoms with Crippen LogP contribution in [0.3, 0.4) is 0 Å². The number of benzene rings is 1. The number of carboxylic acid groups (broad SMARTS) is 1. The molecule has 0 amide bonds. The van der Waals surface area contributed by atoms with Gasteiger partial charge in [-0.05, 0) is 19.1 Å². The lowest BCUT2D eigenvalue weighted by Gasteiger charge is -2.34. The SMILES string of the molecule is CC1COc2c(N3CCNCC3)ccc3c(=O)c(C(=O)O)cn1c23. The summed E-state index contributed by atoms with van der Waals surface area (Å²) in [5.74, 6) is -0.515.